The summed E-state index contributed by atoms with van der Waals surface area (Å²) in [6.07, 6.45) is 3.76. The molecule has 0 aromatic carbocycles. The number of aliphatic carboxylic acids is 2. The van der Waals surface area contributed by atoms with Crippen molar-refractivity contribution in [2.45, 2.75) is 19.9 Å². The number of carboxylic acid groups (broad SMARTS) is 2. The maximum atomic E-state index is 12.3. The van der Waals surface area contributed by atoms with Gasteiger partial charge >= 0.3 is 17.6 Å². The molecule has 2 aromatic heterocycles. The first kappa shape index (κ1) is 22.0. The molecule has 0 saturated heterocycles. The number of aromatic nitrogens is 3. The van der Waals surface area contributed by atoms with Gasteiger partial charge < -0.3 is 15.9 Å². The number of nitrogens with two attached hydrogens (primary N) is 1. The maximum absolute atomic E-state index is 12.3. The number of rotatable bonds is 5. The van der Waals surface area contributed by atoms with E-state index in [-0.39, 0.29) is 17.4 Å². The largest absolute Gasteiger partial charge is 0.478 e. The molecule has 11 heteroatoms. The predicted octanol–water partition coefficient (Wildman–Crippen LogP) is -0.214. The Labute approximate surface area is 158 Å². The van der Waals surface area contributed by atoms with Gasteiger partial charge in [-0.25, -0.2) is 23.9 Å². The first-order chi connectivity index (χ1) is 13.1. The molecule has 1 amide bonds. The van der Waals surface area contributed by atoms with Gasteiger partial charge in [0.25, 0.3) is 11.5 Å². The molecule has 0 unspecified atom stereocenters. The van der Waals surface area contributed by atoms with E-state index < -0.39 is 29.1 Å². The highest BCUT2D eigenvalue weighted by atomic mass is 16.4. The van der Waals surface area contributed by atoms with Crippen LogP contribution in [-0.2, 0) is 9.59 Å². The smallest absolute Gasteiger partial charge is 0.337 e. The number of nitrogens with zero attached hydrogens (tertiary/aromatic N) is 3. The van der Waals surface area contributed by atoms with Gasteiger partial charge in [0.15, 0.2) is 0 Å². The van der Waals surface area contributed by atoms with Crippen LogP contribution < -0.4 is 17.0 Å². The highest BCUT2D eigenvalue weighted by molar-refractivity contribution is 5.92. The normalized spacial score (nSPS) is 10.4. The Kier molecular flexibility index (Phi) is 7.56. The van der Waals surface area contributed by atoms with E-state index in [1.807, 2.05) is 0 Å². The second-order valence-electron chi connectivity index (χ2n) is 5.53. The van der Waals surface area contributed by atoms with Crippen molar-refractivity contribution in [3.05, 3.63) is 69.1 Å². The lowest BCUT2D eigenvalue weighted by atomic mass is 10.3. The Balaban J connectivity index is 0.000000416. The Morgan fingerprint density at radius 2 is 1.68 bits per heavy atom. The molecule has 0 aliphatic heterocycles. The van der Waals surface area contributed by atoms with Crippen LogP contribution in [0.25, 0.3) is 5.82 Å². The van der Waals surface area contributed by atoms with Crippen LogP contribution in [0.1, 0.15) is 30.2 Å². The van der Waals surface area contributed by atoms with E-state index in [4.69, 9.17) is 15.9 Å². The Hall–Kier alpha value is -4.02. The number of primary amides is 1. The summed E-state index contributed by atoms with van der Waals surface area (Å²) in [5.41, 5.74) is 3.62. The zero-order chi connectivity index (χ0) is 21.4. The Bertz CT molecular complexity index is 1000. The summed E-state index contributed by atoms with van der Waals surface area (Å²) in [4.78, 5) is 59.0. The molecule has 0 aliphatic rings. The zero-order valence-corrected chi connectivity index (χ0v) is 15.0. The average Bonchev–Trinajstić information content (AvgIpc) is 2.61. The van der Waals surface area contributed by atoms with E-state index in [1.165, 1.54) is 23.0 Å². The van der Waals surface area contributed by atoms with Crippen LogP contribution in [0, 0.1) is 0 Å². The number of pyridine rings is 1. The summed E-state index contributed by atoms with van der Waals surface area (Å²) in [6.45, 7) is 3.53. The molecule has 4 N–H and O–H groups in total. The Morgan fingerprint density at radius 3 is 2.07 bits per heavy atom. The minimum atomic E-state index is -1.26. The molecule has 2 heterocycles. The van der Waals surface area contributed by atoms with E-state index in [0.29, 0.717) is 12.2 Å². The van der Waals surface area contributed by atoms with Gasteiger partial charge in [0, 0.05) is 30.6 Å². The average molecular weight is 390 g/mol. The SMILES string of the molecule is CC(C)n1cc(C(N)=O)c(=O)n(-c2ccccn2)c1=O.O=C(O)/C=C\C(=O)O. The number of hydrogen-bond acceptors (Lipinski definition) is 6. The summed E-state index contributed by atoms with van der Waals surface area (Å²) < 4.78 is 2.12. The van der Waals surface area contributed by atoms with E-state index in [0.717, 1.165) is 4.57 Å². The standard InChI is InChI=1S/C13H14N4O3.C4H4O4/c1-8(2)16-7-9(11(14)18)12(19)17(13(16)20)10-5-3-4-6-15-10;5-3(6)1-2-4(7)8/h3-8H,1-2H3,(H2,14,18);1-2H,(H,5,6)(H,7,8)/b;2-1-. The van der Waals surface area contributed by atoms with Crippen LogP contribution in [0.5, 0.6) is 0 Å². The van der Waals surface area contributed by atoms with Crippen molar-refractivity contribution in [3.63, 3.8) is 0 Å². The molecule has 2 rings (SSSR count). The fraction of sp³-hybridized carbons (Fsp3) is 0.176. The molecule has 0 fully saturated rings. The first-order valence-corrected chi connectivity index (χ1v) is 7.79. The summed E-state index contributed by atoms with van der Waals surface area (Å²) in [7, 11) is 0. The third kappa shape index (κ3) is 5.76. The van der Waals surface area contributed by atoms with Gasteiger partial charge in [0.2, 0.25) is 0 Å². The van der Waals surface area contributed by atoms with Gasteiger partial charge in [0.1, 0.15) is 11.4 Å². The number of carbonyl (C=O) groups excluding carboxylic acids is 1. The first-order valence-electron chi connectivity index (χ1n) is 7.79. The number of carbonyl (C=O) groups is 3. The van der Waals surface area contributed by atoms with Crippen molar-refractivity contribution in [2.75, 3.05) is 0 Å². The minimum absolute atomic E-state index is 0.153. The molecule has 0 bridgehead atoms. The molecule has 0 aliphatic carbocycles. The maximum Gasteiger partial charge on any atom is 0.337 e. The third-order valence-corrected chi connectivity index (χ3v) is 3.18. The van der Waals surface area contributed by atoms with Crippen molar-refractivity contribution in [1.29, 1.82) is 0 Å². The molecule has 0 saturated carbocycles. The summed E-state index contributed by atoms with van der Waals surface area (Å²) in [5.74, 6) is -3.24. The second-order valence-corrected chi connectivity index (χ2v) is 5.53. The summed E-state index contributed by atoms with van der Waals surface area (Å²) in [5, 5.41) is 15.6. The van der Waals surface area contributed by atoms with Crippen LogP contribution >= 0.6 is 0 Å². The number of carboxylic acids is 2. The lowest BCUT2D eigenvalue weighted by molar-refractivity contribution is -0.134. The predicted molar refractivity (Wildman–Crippen MR) is 97.4 cm³/mol. The molecule has 148 valence electrons. The molecule has 0 atom stereocenters. The van der Waals surface area contributed by atoms with Crippen molar-refractivity contribution in [2.24, 2.45) is 5.73 Å². The number of amides is 1. The van der Waals surface area contributed by atoms with Gasteiger partial charge in [-0.05, 0) is 26.0 Å². The molecule has 28 heavy (non-hydrogen) atoms. The van der Waals surface area contributed by atoms with Crippen molar-refractivity contribution in [1.82, 2.24) is 14.1 Å². The zero-order valence-electron chi connectivity index (χ0n) is 15.0. The quantitative estimate of drug-likeness (QED) is 0.587. The van der Waals surface area contributed by atoms with Crippen molar-refractivity contribution < 1.29 is 24.6 Å². The van der Waals surface area contributed by atoms with Gasteiger partial charge in [-0.1, -0.05) is 6.07 Å². The topological polar surface area (TPSA) is 175 Å². The van der Waals surface area contributed by atoms with Gasteiger partial charge in [0.05, 0.1) is 0 Å². The molecular formula is C17H18N4O7. The molecule has 0 spiro atoms. The fourth-order valence-corrected chi connectivity index (χ4v) is 1.94. The van der Waals surface area contributed by atoms with Gasteiger partial charge in [-0.15, -0.1) is 0 Å². The third-order valence-electron chi connectivity index (χ3n) is 3.18. The Morgan fingerprint density at radius 1 is 1.11 bits per heavy atom. The molecular weight excluding hydrogens is 372 g/mol. The summed E-state index contributed by atoms with van der Waals surface area (Å²) >= 11 is 0. The van der Waals surface area contributed by atoms with Gasteiger partial charge in [-0.3, -0.25) is 14.2 Å². The number of hydrogen-bond donors (Lipinski definition) is 3. The highest BCUT2D eigenvalue weighted by Crippen LogP contribution is 2.03. The second kappa shape index (κ2) is 9.62. The van der Waals surface area contributed by atoms with Crippen LogP contribution in [-0.4, -0.2) is 42.2 Å². The molecule has 2 aromatic rings. The minimum Gasteiger partial charge on any atom is -0.478 e. The van der Waals surface area contributed by atoms with Crippen LogP contribution in [0.15, 0.2) is 52.3 Å². The monoisotopic (exact) mass is 390 g/mol. The molecule has 11 nitrogen and oxygen atoms in total. The molecule has 0 radical (unpaired) electrons. The van der Waals surface area contributed by atoms with E-state index in [1.54, 1.807) is 26.0 Å². The summed E-state index contributed by atoms with van der Waals surface area (Å²) in [6, 6.07) is 4.59. The van der Waals surface area contributed by atoms with Crippen LogP contribution in [0.2, 0.25) is 0 Å². The lowest BCUT2D eigenvalue weighted by Gasteiger charge is -2.13. The van der Waals surface area contributed by atoms with Gasteiger partial charge in [-0.2, -0.15) is 0 Å². The fourth-order valence-electron chi connectivity index (χ4n) is 1.94. The van der Waals surface area contributed by atoms with Crippen LogP contribution in [0.4, 0.5) is 0 Å². The lowest BCUT2D eigenvalue weighted by Crippen LogP contribution is -2.43. The van der Waals surface area contributed by atoms with E-state index in [2.05, 4.69) is 4.98 Å². The van der Waals surface area contributed by atoms with Crippen molar-refractivity contribution in [3.8, 4) is 5.82 Å². The van der Waals surface area contributed by atoms with E-state index >= 15 is 0 Å². The van der Waals surface area contributed by atoms with E-state index in [9.17, 15) is 24.0 Å². The highest BCUT2D eigenvalue weighted by Gasteiger charge is 2.18. The van der Waals surface area contributed by atoms with Crippen LogP contribution in [0.3, 0.4) is 0 Å². The van der Waals surface area contributed by atoms with Crippen molar-refractivity contribution >= 4 is 17.8 Å².